The number of aliphatic hydroxyl groups is 1. The molecule has 1 saturated heterocycles. The number of carbonyl (C=O) groups excluding carboxylic acids is 1. The number of phenolic OH excluding ortho intramolecular Hbond substituents is 1. The van der Waals surface area contributed by atoms with Gasteiger partial charge in [0.05, 0.1) is 0 Å². The molecule has 0 bridgehead atoms. The minimum Gasteiger partial charge on any atom is -0.508 e. The van der Waals surface area contributed by atoms with Gasteiger partial charge in [0.1, 0.15) is 11.8 Å². The van der Waals surface area contributed by atoms with Crippen molar-refractivity contribution in [1.29, 1.82) is 0 Å². The number of hydrogen-bond donors (Lipinski definition) is 3. The first-order valence-electron chi connectivity index (χ1n) is 8.43. The minimum atomic E-state index is -4.65. The number of aryl methyl sites for hydroxylation is 1. The molecule has 0 aromatic heterocycles. The zero-order chi connectivity index (χ0) is 19.8. The van der Waals surface area contributed by atoms with Crippen LogP contribution in [0, 0.1) is 0 Å². The Morgan fingerprint density at radius 2 is 1.93 bits per heavy atom. The summed E-state index contributed by atoms with van der Waals surface area (Å²) in [5, 5.41) is 21.3. The molecule has 3 N–H and O–H groups in total. The molecule has 1 aliphatic heterocycles. The molecule has 5 nitrogen and oxygen atoms in total. The maximum absolute atomic E-state index is 13.3. The molecule has 3 rings (SSSR count). The van der Waals surface area contributed by atoms with Gasteiger partial charge < -0.3 is 10.2 Å². The summed E-state index contributed by atoms with van der Waals surface area (Å²) in [6.45, 7) is 1.93. The second kappa shape index (κ2) is 6.86. The highest BCUT2D eigenvalue weighted by Crippen LogP contribution is 2.41. The molecule has 2 unspecified atom stereocenters. The molecule has 0 saturated carbocycles. The molecule has 0 aliphatic carbocycles. The van der Waals surface area contributed by atoms with Crippen LogP contribution >= 0.6 is 0 Å². The van der Waals surface area contributed by atoms with Gasteiger partial charge in [-0.3, -0.25) is 4.79 Å². The van der Waals surface area contributed by atoms with Crippen LogP contribution in [0.3, 0.4) is 0 Å². The SMILES string of the molecule is CCc1ccc(C2(O)CC(C(F)(F)F)NN2C(=O)c2cccc(O)c2)cc1. The molecule has 1 heterocycles. The summed E-state index contributed by atoms with van der Waals surface area (Å²) < 4.78 is 39.9. The Hall–Kier alpha value is -2.58. The molecule has 1 amide bonds. The van der Waals surface area contributed by atoms with Gasteiger partial charge in [-0.25, -0.2) is 10.4 Å². The summed E-state index contributed by atoms with van der Waals surface area (Å²) >= 11 is 0. The average molecular weight is 380 g/mol. The zero-order valence-electron chi connectivity index (χ0n) is 14.5. The van der Waals surface area contributed by atoms with Crippen molar-refractivity contribution in [2.24, 2.45) is 0 Å². The van der Waals surface area contributed by atoms with Crippen molar-refractivity contribution < 1.29 is 28.2 Å². The number of nitrogens with one attached hydrogen (secondary N) is 1. The highest BCUT2D eigenvalue weighted by molar-refractivity contribution is 5.95. The molecule has 2 aromatic carbocycles. The lowest BCUT2D eigenvalue weighted by atomic mass is 9.95. The summed E-state index contributed by atoms with van der Waals surface area (Å²) in [4.78, 5) is 12.8. The van der Waals surface area contributed by atoms with Gasteiger partial charge in [0.15, 0.2) is 5.72 Å². The van der Waals surface area contributed by atoms with Gasteiger partial charge in [0.25, 0.3) is 5.91 Å². The van der Waals surface area contributed by atoms with Gasteiger partial charge in [-0.05, 0) is 30.2 Å². The Labute approximate surface area is 154 Å². The smallest absolute Gasteiger partial charge is 0.405 e. The number of hydrogen-bond acceptors (Lipinski definition) is 4. The molecular weight excluding hydrogens is 361 g/mol. The molecule has 27 heavy (non-hydrogen) atoms. The molecule has 1 fully saturated rings. The Morgan fingerprint density at radius 1 is 1.26 bits per heavy atom. The van der Waals surface area contributed by atoms with Gasteiger partial charge in [0.2, 0.25) is 0 Å². The molecule has 2 aromatic rings. The van der Waals surface area contributed by atoms with E-state index in [9.17, 15) is 28.2 Å². The van der Waals surface area contributed by atoms with Crippen molar-refractivity contribution in [3.05, 3.63) is 65.2 Å². The fourth-order valence-electron chi connectivity index (χ4n) is 3.12. The quantitative estimate of drug-likeness (QED) is 0.765. The Bertz CT molecular complexity index is 839. The van der Waals surface area contributed by atoms with Crippen molar-refractivity contribution in [3.8, 4) is 5.75 Å². The number of amides is 1. The number of aromatic hydroxyl groups is 1. The minimum absolute atomic E-state index is 0.0473. The standard InChI is InChI=1S/C19H19F3N2O3/c1-2-12-6-8-14(9-7-12)18(27)11-16(19(20,21)22)23-24(18)17(26)13-4-3-5-15(25)10-13/h3-10,16,23,25,27H,2,11H2,1H3. The number of alkyl halides is 3. The van der Waals surface area contributed by atoms with Crippen molar-refractivity contribution in [2.75, 3.05) is 0 Å². The van der Waals surface area contributed by atoms with Crippen LogP contribution in [0.15, 0.2) is 48.5 Å². The molecule has 2 atom stereocenters. The van der Waals surface area contributed by atoms with E-state index in [1.54, 1.807) is 12.1 Å². The first-order valence-corrected chi connectivity index (χ1v) is 8.43. The lowest BCUT2D eigenvalue weighted by molar-refractivity contribution is -0.156. The van der Waals surface area contributed by atoms with E-state index < -0.39 is 30.3 Å². The third-order valence-corrected chi connectivity index (χ3v) is 4.66. The largest absolute Gasteiger partial charge is 0.508 e. The predicted octanol–water partition coefficient (Wildman–Crippen LogP) is 3.08. The van der Waals surface area contributed by atoms with E-state index in [1.807, 2.05) is 6.92 Å². The fraction of sp³-hybridized carbons (Fsp3) is 0.316. The van der Waals surface area contributed by atoms with Gasteiger partial charge in [-0.2, -0.15) is 13.2 Å². The van der Waals surface area contributed by atoms with Crippen molar-refractivity contribution in [2.45, 2.75) is 37.7 Å². The maximum Gasteiger partial charge on any atom is 0.405 e. The number of carbonyl (C=O) groups is 1. The van der Waals surface area contributed by atoms with E-state index in [2.05, 4.69) is 5.43 Å². The number of nitrogens with zero attached hydrogens (tertiary/aromatic N) is 1. The Kier molecular flexibility index (Phi) is 4.88. The van der Waals surface area contributed by atoms with E-state index in [0.717, 1.165) is 18.1 Å². The number of halogens is 3. The van der Waals surface area contributed by atoms with E-state index in [4.69, 9.17) is 0 Å². The molecule has 8 heteroatoms. The summed E-state index contributed by atoms with van der Waals surface area (Å²) in [6, 6.07) is 9.56. The van der Waals surface area contributed by atoms with Crippen molar-refractivity contribution in [3.63, 3.8) is 0 Å². The average Bonchev–Trinajstić information content (AvgIpc) is 3.00. The first-order chi connectivity index (χ1) is 12.6. The molecule has 0 spiro atoms. The second-order valence-electron chi connectivity index (χ2n) is 6.49. The van der Waals surface area contributed by atoms with Gasteiger partial charge in [-0.1, -0.05) is 37.3 Å². The lowest BCUT2D eigenvalue weighted by Crippen LogP contribution is -2.51. The molecular formula is C19H19F3N2O3. The van der Waals surface area contributed by atoms with Crippen LogP contribution in [0.25, 0.3) is 0 Å². The van der Waals surface area contributed by atoms with Crippen LogP contribution in [-0.2, 0) is 12.1 Å². The summed E-state index contributed by atoms with van der Waals surface area (Å²) in [5.41, 5.74) is 0.985. The van der Waals surface area contributed by atoms with Crippen LogP contribution in [0.1, 0.15) is 34.8 Å². The Balaban J connectivity index is 2.02. The van der Waals surface area contributed by atoms with Crippen molar-refractivity contribution >= 4 is 5.91 Å². The van der Waals surface area contributed by atoms with Gasteiger partial charge >= 0.3 is 6.18 Å². The van der Waals surface area contributed by atoms with Crippen LogP contribution < -0.4 is 5.43 Å². The highest BCUT2D eigenvalue weighted by atomic mass is 19.4. The summed E-state index contributed by atoms with van der Waals surface area (Å²) in [7, 11) is 0. The topological polar surface area (TPSA) is 72.8 Å². The lowest BCUT2D eigenvalue weighted by Gasteiger charge is -2.33. The second-order valence-corrected chi connectivity index (χ2v) is 6.49. The van der Waals surface area contributed by atoms with E-state index in [0.29, 0.717) is 5.01 Å². The number of phenols is 1. The summed E-state index contributed by atoms with van der Waals surface area (Å²) in [5.74, 6) is -1.08. The van der Waals surface area contributed by atoms with Crippen LogP contribution in [0.4, 0.5) is 13.2 Å². The number of rotatable bonds is 3. The molecule has 0 radical (unpaired) electrons. The molecule has 144 valence electrons. The van der Waals surface area contributed by atoms with Crippen molar-refractivity contribution in [1.82, 2.24) is 10.4 Å². The highest BCUT2D eigenvalue weighted by Gasteiger charge is 2.56. The number of benzene rings is 2. The van der Waals surface area contributed by atoms with Gasteiger partial charge in [0, 0.05) is 17.5 Å². The van der Waals surface area contributed by atoms with E-state index >= 15 is 0 Å². The third kappa shape index (κ3) is 3.63. The fourth-order valence-corrected chi connectivity index (χ4v) is 3.12. The Morgan fingerprint density at radius 3 is 2.48 bits per heavy atom. The normalized spacial score (nSPS) is 22.9. The van der Waals surface area contributed by atoms with Crippen LogP contribution in [0.2, 0.25) is 0 Å². The predicted molar refractivity (Wildman–Crippen MR) is 91.6 cm³/mol. The summed E-state index contributed by atoms with van der Waals surface area (Å²) in [6.07, 6.45) is -4.66. The third-order valence-electron chi connectivity index (χ3n) is 4.66. The van der Waals surface area contributed by atoms with Gasteiger partial charge in [-0.15, -0.1) is 0 Å². The van der Waals surface area contributed by atoms with Crippen LogP contribution in [-0.4, -0.2) is 33.3 Å². The van der Waals surface area contributed by atoms with E-state index in [-0.39, 0.29) is 16.9 Å². The maximum atomic E-state index is 13.3. The number of hydrazine groups is 1. The first kappa shape index (κ1) is 19.2. The monoisotopic (exact) mass is 380 g/mol. The van der Waals surface area contributed by atoms with Crippen LogP contribution in [0.5, 0.6) is 5.75 Å². The molecule has 1 aliphatic rings. The van der Waals surface area contributed by atoms with E-state index in [1.165, 1.54) is 30.3 Å². The zero-order valence-corrected chi connectivity index (χ0v) is 14.5.